The van der Waals surface area contributed by atoms with Gasteiger partial charge in [0.1, 0.15) is 23.4 Å². The van der Waals surface area contributed by atoms with Crippen molar-refractivity contribution < 1.29 is 33.0 Å². The largest absolute Gasteiger partial charge is 0.497 e. The number of benzene rings is 2. The number of carboxylic acids is 1. The van der Waals surface area contributed by atoms with Crippen LogP contribution in [0.3, 0.4) is 0 Å². The van der Waals surface area contributed by atoms with Crippen LogP contribution in [-0.4, -0.2) is 68.0 Å². The lowest BCUT2D eigenvalue weighted by Gasteiger charge is -2.38. The summed E-state index contributed by atoms with van der Waals surface area (Å²) in [6, 6.07) is 6.18. The second-order valence-electron chi connectivity index (χ2n) is 10.1. The molecule has 36 heavy (non-hydrogen) atoms. The number of fused-ring (bicyclic) bond motifs is 1. The number of hydrogen-bond donors (Lipinski definition) is 1. The van der Waals surface area contributed by atoms with Gasteiger partial charge in [0, 0.05) is 31.7 Å². The van der Waals surface area contributed by atoms with Gasteiger partial charge in [-0.15, -0.1) is 0 Å². The highest BCUT2D eigenvalue weighted by Crippen LogP contribution is 2.34. The number of rotatable bonds is 8. The van der Waals surface area contributed by atoms with E-state index in [0.29, 0.717) is 17.7 Å². The van der Waals surface area contributed by atoms with Gasteiger partial charge in [-0.05, 0) is 47.4 Å². The molecule has 3 rings (SSSR count). The number of carbonyl (C=O) groups is 3. The molecule has 0 aromatic heterocycles. The van der Waals surface area contributed by atoms with Crippen molar-refractivity contribution in [3.8, 4) is 5.75 Å². The van der Waals surface area contributed by atoms with E-state index in [0.717, 1.165) is 5.56 Å². The number of carboxylic acid groups (broad SMARTS) is 1. The predicted octanol–water partition coefficient (Wildman–Crippen LogP) is 3.76. The van der Waals surface area contributed by atoms with Crippen molar-refractivity contribution in [3.05, 3.63) is 58.7 Å². The molecule has 1 aliphatic heterocycles. The predicted molar refractivity (Wildman–Crippen MR) is 134 cm³/mol. The zero-order valence-electron chi connectivity index (χ0n) is 21.2. The Kier molecular flexibility index (Phi) is 8.18. The maximum atomic E-state index is 14.8. The molecule has 0 aliphatic carbocycles. The first-order valence-corrected chi connectivity index (χ1v) is 15.2. The fourth-order valence-corrected chi connectivity index (χ4v) is 6.18. The minimum absolute atomic E-state index is 0.0182. The molecule has 7 nitrogen and oxygen atoms in total. The molecular weight excluding hydrogens is 486 g/mol. The second-order valence-corrected chi connectivity index (χ2v) is 15.1. The van der Waals surface area contributed by atoms with E-state index in [4.69, 9.17) is 9.84 Å². The number of nitrogens with zero attached hydrogens (tertiary/aromatic N) is 2. The minimum Gasteiger partial charge on any atom is -0.497 e. The molecule has 0 unspecified atom stereocenters. The maximum Gasteiger partial charge on any atom is 0.320 e. The highest BCUT2D eigenvalue weighted by Gasteiger charge is 2.37. The molecule has 0 spiro atoms. The standard InChI is InChI=1S/C26H32F2N2O5Si/c1-29(10-9-23(32)33)26(34)30-11-8-17-15-18(35-2)6-7-19(17)24(30)22(31)14-16-12-20(27)25(21(28)13-16)36(3,4)5/h6-7,12-13,15,24H,8-11,14H2,1-5H3,(H,32,33)/t24-/m1/s1. The Morgan fingerprint density at radius 1 is 1.14 bits per heavy atom. The Hall–Kier alpha value is -3.27. The fraction of sp³-hybridized carbons (Fsp3) is 0.423. The van der Waals surface area contributed by atoms with Gasteiger partial charge in [-0.25, -0.2) is 13.6 Å². The first-order valence-electron chi connectivity index (χ1n) is 11.7. The van der Waals surface area contributed by atoms with Gasteiger partial charge in [0.2, 0.25) is 0 Å². The molecular formula is C26H32F2N2O5Si. The van der Waals surface area contributed by atoms with Gasteiger partial charge in [0.15, 0.2) is 5.78 Å². The van der Waals surface area contributed by atoms with E-state index in [-0.39, 0.29) is 42.5 Å². The van der Waals surface area contributed by atoms with E-state index in [2.05, 4.69) is 0 Å². The molecule has 1 heterocycles. The van der Waals surface area contributed by atoms with Crippen LogP contribution in [-0.2, 0) is 22.4 Å². The summed E-state index contributed by atoms with van der Waals surface area (Å²) in [5.41, 5.74) is 1.66. The van der Waals surface area contributed by atoms with E-state index < -0.39 is 37.8 Å². The van der Waals surface area contributed by atoms with Crippen LogP contribution in [0.2, 0.25) is 19.6 Å². The van der Waals surface area contributed by atoms with Crippen molar-refractivity contribution in [2.75, 3.05) is 27.2 Å². The van der Waals surface area contributed by atoms with Crippen molar-refractivity contribution in [2.45, 2.75) is 44.9 Å². The van der Waals surface area contributed by atoms with Crippen molar-refractivity contribution in [2.24, 2.45) is 0 Å². The monoisotopic (exact) mass is 518 g/mol. The smallest absolute Gasteiger partial charge is 0.320 e. The van der Waals surface area contributed by atoms with Crippen molar-refractivity contribution in [3.63, 3.8) is 0 Å². The van der Waals surface area contributed by atoms with Crippen molar-refractivity contribution >= 4 is 31.0 Å². The van der Waals surface area contributed by atoms with E-state index in [1.165, 1.54) is 36.1 Å². The molecule has 1 N–H and O–H groups in total. The Balaban J connectivity index is 1.97. The van der Waals surface area contributed by atoms with Crippen LogP contribution in [0.5, 0.6) is 5.75 Å². The number of ketones is 1. The number of hydrogen-bond acceptors (Lipinski definition) is 4. The van der Waals surface area contributed by atoms with E-state index in [1.807, 2.05) is 25.7 Å². The van der Waals surface area contributed by atoms with Crippen LogP contribution in [0.15, 0.2) is 30.3 Å². The summed E-state index contributed by atoms with van der Waals surface area (Å²) < 4.78 is 35.0. The summed E-state index contributed by atoms with van der Waals surface area (Å²) >= 11 is 0. The first kappa shape index (κ1) is 27.3. The summed E-state index contributed by atoms with van der Waals surface area (Å²) in [5, 5.41) is 9.07. The summed E-state index contributed by atoms with van der Waals surface area (Å²) in [6.07, 6.45) is -0.0218. The molecule has 0 radical (unpaired) electrons. The normalized spacial score (nSPS) is 15.3. The number of carbonyl (C=O) groups excluding carboxylic acids is 2. The topological polar surface area (TPSA) is 87.2 Å². The number of amides is 2. The zero-order valence-corrected chi connectivity index (χ0v) is 22.2. The molecule has 0 saturated heterocycles. The van der Waals surface area contributed by atoms with Gasteiger partial charge < -0.3 is 19.6 Å². The minimum atomic E-state index is -2.28. The van der Waals surface area contributed by atoms with Gasteiger partial charge >= 0.3 is 12.0 Å². The van der Waals surface area contributed by atoms with Gasteiger partial charge in [-0.3, -0.25) is 9.59 Å². The number of aliphatic carboxylic acids is 1. The van der Waals surface area contributed by atoms with Crippen molar-refractivity contribution in [1.29, 1.82) is 0 Å². The third kappa shape index (κ3) is 5.92. The summed E-state index contributed by atoms with van der Waals surface area (Å²) in [4.78, 5) is 40.5. The first-order chi connectivity index (χ1) is 16.8. The van der Waals surface area contributed by atoms with Crippen LogP contribution < -0.4 is 9.92 Å². The molecule has 10 heteroatoms. The fourth-order valence-electron chi connectivity index (χ4n) is 4.60. The lowest BCUT2D eigenvalue weighted by atomic mass is 9.88. The van der Waals surface area contributed by atoms with Crippen LogP contribution in [0, 0.1) is 11.6 Å². The maximum absolute atomic E-state index is 14.8. The molecule has 1 aliphatic rings. The number of Topliss-reactive ketones (excluding diaryl/α,β-unsaturated/α-hetero) is 1. The van der Waals surface area contributed by atoms with E-state index in [9.17, 15) is 23.2 Å². The molecule has 0 saturated carbocycles. The lowest BCUT2D eigenvalue weighted by molar-refractivity contribution is -0.137. The molecule has 2 amide bonds. The molecule has 2 aromatic carbocycles. The number of ether oxygens (including phenoxy) is 1. The van der Waals surface area contributed by atoms with Crippen molar-refractivity contribution in [1.82, 2.24) is 9.80 Å². The highest BCUT2D eigenvalue weighted by atomic mass is 28.3. The molecule has 2 aromatic rings. The Morgan fingerprint density at radius 3 is 2.33 bits per heavy atom. The van der Waals surface area contributed by atoms with Gasteiger partial charge in [-0.2, -0.15) is 0 Å². The van der Waals surface area contributed by atoms with Gasteiger partial charge in [0.05, 0.1) is 21.6 Å². The molecule has 0 fully saturated rings. The quantitative estimate of drug-likeness (QED) is 0.538. The van der Waals surface area contributed by atoms with Crippen LogP contribution in [0.4, 0.5) is 13.6 Å². The van der Waals surface area contributed by atoms with Crippen LogP contribution in [0.25, 0.3) is 0 Å². The third-order valence-corrected chi connectivity index (χ3v) is 8.32. The Bertz CT molecular complexity index is 1160. The summed E-state index contributed by atoms with van der Waals surface area (Å²) in [5.74, 6) is -2.13. The summed E-state index contributed by atoms with van der Waals surface area (Å²) in [7, 11) is 0.742. The zero-order chi connectivity index (χ0) is 26.8. The average molecular weight is 519 g/mol. The average Bonchev–Trinajstić information content (AvgIpc) is 2.79. The highest BCUT2D eigenvalue weighted by molar-refractivity contribution is 6.88. The molecule has 194 valence electrons. The number of halogens is 2. The Morgan fingerprint density at radius 2 is 1.78 bits per heavy atom. The van der Waals surface area contributed by atoms with Gasteiger partial charge in [0.25, 0.3) is 0 Å². The third-order valence-electron chi connectivity index (χ3n) is 6.35. The van der Waals surface area contributed by atoms with E-state index in [1.54, 1.807) is 12.1 Å². The SMILES string of the molecule is COc1ccc2c(c1)CCN(C(=O)N(C)CCC(=O)O)[C@H]2C(=O)Cc1cc(F)c([Si](C)(C)C)c(F)c1. The van der Waals surface area contributed by atoms with Crippen LogP contribution in [0.1, 0.15) is 29.2 Å². The van der Waals surface area contributed by atoms with Gasteiger partial charge in [-0.1, -0.05) is 25.7 Å². The molecule has 0 bridgehead atoms. The lowest BCUT2D eigenvalue weighted by Crippen LogP contribution is -2.49. The number of urea groups is 1. The Labute approximate surface area is 210 Å². The van der Waals surface area contributed by atoms with E-state index >= 15 is 0 Å². The number of methoxy groups -OCH3 is 1. The summed E-state index contributed by atoms with van der Waals surface area (Å²) in [6.45, 7) is 5.74. The second kappa shape index (κ2) is 10.8. The van der Waals surface area contributed by atoms with Crippen LogP contribution >= 0.6 is 0 Å². The molecule has 1 atom stereocenters.